The number of amides is 1. The number of benzene rings is 3. The van der Waals surface area contributed by atoms with Crippen molar-refractivity contribution in [2.24, 2.45) is 0 Å². The van der Waals surface area contributed by atoms with Crippen molar-refractivity contribution in [2.45, 2.75) is 13.5 Å². The molecular weight excluding hydrogens is 438 g/mol. The molecule has 0 saturated carbocycles. The van der Waals surface area contributed by atoms with E-state index in [9.17, 15) is 4.79 Å². The van der Waals surface area contributed by atoms with Crippen LogP contribution in [0, 0.1) is 0 Å². The number of hydrogen-bond donors (Lipinski definition) is 3. The van der Waals surface area contributed by atoms with Gasteiger partial charge in [-0.05, 0) is 54.6 Å². The van der Waals surface area contributed by atoms with Gasteiger partial charge in [0.05, 0.1) is 17.0 Å². The largest absolute Gasteiger partial charge is 0.458 e. The van der Waals surface area contributed by atoms with Crippen molar-refractivity contribution in [3.63, 3.8) is 0 Å². The first-order chi connectivity index (χ1) is 16.1. The highest BCUT2D eigenvalue weighted by molar-refractivity contribution is 6.38. The van der Waals surface area contributed by atoms with Crippen molar-refractivity contribution < 1.29 is 14.3 Å². The van der Waals surface area contributed by atoms with Crippen molar-refractivity contribution in [2.75, 3.05) is 17.2 Å². The van der Waals surface area contributed by atoms with Crippen molar-refractivity contribution in [3.05, 3.63) is 94.9 Å². The Labute approximate surface area is 196 Å². The Balaban J connectivity index is 1.60. The number of carbonyl (C=O) groups is 1. The number of halogens is 1. The molecule has 6 nitrogen and oxygen atoms in total. The number of rotatable bonds is 6. The van der Waals surface area contributed by atoms with Crippen LogP contribution >= 0.6 is 11.6 Å². The van der Waals surface area contributed by atoms with Gasteiger partial charge in [0.2, 0.25) is 0 Å². The molecule has 1 amide bonds. The maximum absolute atomic E-state index is 13.1. The topological polar surface area (TPSA) is 71.6 Å². The lowest BCUT2D eigenvalue weighted by Crippen LogP contribution is -2.12. The first-order valence-corrected chi connectivity index (χ1v) is 11.0. The van der Waals surface area contributed by atoms with Gasteiger partial charge in [-0.2, -0.15) is 0 Å². The molecule has 0 fully saturated rings. The fourth-order valence-corrected chi connectivity index (χ4v) is 4.02. The molecule has 0 unspecified atom stereocenters. The second-order valence-electron chi connectivity index (χ2n) is 7.67. The Bertz CT molecular complexity index is 1280. The van der Waals surface area contributed by atoms with Crippen LogP contribution in [-0.4, -0.2) is 12.5 Å². The highest BCUT2D eigenvalue weighted by Crippen LogP contribution is 2.41. The normalized spacial score (nSPS) is 15.2. The van der Waals surface area contributed by atoms with E-state index in [0.29, 0.717) is 33.5 Å². The van der Waals surface area contributed by atoms with E-state index in [1.165, 1.54) is 18.1 Å². The van der Waals surface area contributed by atoms with Crippen LogP contribution in [0.3, 0.4) is 0 Å². The molecule has 7 heteroatoms. The Hall–Kier alpha value is -3.74. The smallest absolute Gasteiger partial charge is 0.258 e. The lowest BCUT2D eigenvalue weighted by molar-refractivity contribution is -0.110. The van der Waals surface area contributed by atoms with Crippen molar-refractivity contribution in [1.82, 2.24) is 5.32 Å². The zero-order valence-electron chi connectivity index (χ0n) is 17.9. The Morgan fingerprint density at radius 1 is 0.970 bits per heavy atom. The van der Waals surface area contributed by atoms with Gasteiger partial charge in [0.25, 0.3) is 5.91 Å². The van der Waals surface area contributed by atoms with E-state index < -0.39 is 0 Å². The molecule has 2 aliphatic heterocycles. The summed E-state index contributed by atoms with van der Waals surface area (Å²) in [4.78, 5) is 13.1. The molecule has 0 aliphatic carbocycles. The van der Waals surface area contributed by atoms with Gasteiger partial charge in [-0.3, -0.25) is 4.79 Å². The average Bonchev–Trinajstić information content (AvgIpc) is 3.16. The first kappa shape index (κ1) is 21.1. The minimum Gasteiger partial charge on any atom is -0.458 e. The Kier molecular flexibility index (Phi) is 5.77. The van der Waals surface area contributed by atoms with Crippen LogP contribution in [0.5, 0.6) is 11.5 Å². The lowest BCUT2D eigenvalue weighted by Gasteiger charge is -2.18. The molecule has 0 aromatic heterocycles. The molecule has 3 N–H and O–H groups in total. The highest BCUT2D eigenvalue weighted by Gasteiger charge is 2.29. The van der Waals surface area contributed by atoms with Crippen LogP contribution in [0.4, 0.5) is 11.4 Å². The molecule has 0 atom stereocenters. The number of fused-ring (bicyclic) bond motifs is 2. The molecular formula is C26H22ClN3O3. The molecule has 0 spiro atoms. The molecule has 0 bridgehead atoms. The number of nitrogens with one attached hydrogen (secondary N) is 3. The fourth-order valence-electron chi connectivity index (χ4n) is 3.85. The zero-order chi connectivity index (χ0) is 22.8. The Morgan fingerprint density at radius 2 is 1.76 bits per heavy atom. The summed E-state index contributed by atoms with van der Waals surface area (Å²) in [7, 11) is 0. The number of anilines is 2. The average molecular weight is 460 g/mol. The second-order valence-corrected chi connectivity index (χ2v) is 8.10. The molecule has 2 heterocycles. The SMILES string of the molecule is CCNCc1ccc(NC(=C2C(=O)Nc3cc(Cl)ccc32)c2ccc3c(c2)OC=CO3)cc1. The maximum atomic E-state index is 13.1. The van der Waals surface area contributed by atoms with E-state index in [1.54, 1.807) is 12.1 Å². The summed E-state index contributed by atoms with van der Waals surface area (Å²) >= 11 is 6.15. The third-order valence-corrected chi connectivity index (χ3v) is 5.69. The van der Waals surface area contributed by atoms with Crippen molar-refractivity contribution >= 4 is 40.2 Å². The molecule has 0 radical (unpaired) electrons. The molecule has 3 aromatic rings. The third-order valence-electron chi connectivity index (χ3n) is 5.46. The van der Waals surface area contributed by atoms with Crippen LogP contribution in [0.25, 0.3) is 11.3 Å². The quantitative estimate of drug-likeness (QED) is 0.417. The predicted octanol–water partition coefficient (Wildman–Crippen LogP) is 5.62. The van der Waals surface area contributed by atoms with E-state index in [0.717, 1.165) is 29.9 Å². The van der Waals surface area contributed by atoms with E-state index >= 15 is 0 Å². The van der Waals surface area contributed by atoms with Gasteiger partial charge < -0.3 is 25.4 Å². The van der Waals surface area contributed by atoms with Gasteiger partial charge >= 0.3 is 0 Å². The van der Waals surface area contributed by atoms with Gasteiger partial charge in [-0.25, -0.2) is 0 Å². The van der Waals surface area contributed by atoms with Gasteiger partial charge in [0.15, 0.2) is 11.5 Å². The van der Waals surface area contributed by atoms with Crippen molar-refractivity contribution in [3.8, 4) is 11.5 Å². The van der Waals surface area contributed by atoms with Gasteiger partial charge in [0, 0.05) is 28.4 Å². The molecule has 5 rings (SSSR count). The van der Waals surface area contributed by atoms with Crippen LogP contribution in [0.2, 0.25) is 5.02 Å². The summed E-state index contributed by atoms with van der Waals surface area (Å²) in [6, 6.07) is 19.1. The van der Waals surface area contributed by atoms with Gasteiger partial charge in [-0.15, -0.1) is 0 Å². The molecule has 3 aromatic carbocycles. The summed E-state index contributed by atoms with van der Waals surface area (Å²) in [6.45, 7) is 3.79. The third kappa shape index (κ3) is 4.31. The van der Waals surface area contributed by atoms with E-state index in [4.69, 9.17) is 21.1 Å². The summed E-state index contributed by atoms with van der Waals surface area (Å²) in [5.74, 6) is 0.986. The van der Waals surface area contributed by atoms with Crippen LogP contribution in [0.15, 0.2) is 73.2 Å². The second kappa shape index (κ2) is 9.02. The highest BCUT2D eigenvalue weighted by atomic mass is 35.5. The van der Waals surface area contributed by atoms with Crippen molar-refractivity contribution in [1.29, 1.82) is 0 Å². The summed E-state index contributed by atoms with van der Waals surface area (Å²) < 4.78 is 11.1. The van der Waals surface area contributed by atoms with E-state index in [1.807, 2.05) is 36.4 Å². The minimum absolute atomic E-state index is 0.201. The zero-order valence-corrected chi connectivity index (χ0v) is 18.7. The van der Waals surface area contributed by atoms with Crippen LogP contribution < -0.4 is 25.4 Å². The first-order valence-electron chi connectivity index (χ1n) is 10.7. The van der Waals surface area contributed by atoms with Crippen LogP contribution in [-0.2, 0) is 11.3 Å². The summed E-state index contributed by atoms with van der Waals surface area (Å²) in [6.07, 6.45) is 2.97. The maximum Gasteiger partial charge on any atom is 0.258 e. The summed E-state index contributed by atoms with van der Waals surface area (Å²) in [5, 5.41) is 10.3. The number of carbonyl (C=O) groups excluding carboxylic acids is 1. The fraction of sp³-hybridized carbons (Fsp3) is 0.115. The molecule has 2 aliphatic rings. The standard InChI is InChI=1S/C26H22ClN3O3/c1-2-28-15-16-3-7-19(8-4-16)29-25(17-5-10-22-23(13-17)33-12-11-32-22)24-20-9-6-18(27)14-21(20)30-26(24)31/h3-14,28-29H,2,15H2,1H3,(H,30,31). The van der Waals surface area contributed by atoms with E-state index in [2.05, 4.69) is 35.0 Å². The monoisotopic (exact) mass is 459 g/mol. The lowest BCUT2D eigenvalue weighted by atomic mass is 9.99. The predicted molar refractivity (Wildman–Crippen MR) is 131 cm³/mol. The molecule has 0 saturated heterocycles. The van der Waals surface area contributed by atoms with E-state index in [-0.39, 0.29) is 5.91 Å². The minimum atomic E-state index is -0.201. The summed E-state index contributed by atoms with van der Waals surface area (Å²) in [5.41, 5.74) is 5.50. The van der Waals surface area contributed by atoms with Gasteiger partial charge in [-0.1, -0.05) is 36.7 Å². The molecule has 166 valence electrons. The molecule has 33 heavy (non-hydrogen) atoms. The Morgan fingerprint density at radius 3 is 2.55 bits per heavy atom. The number of ether oxygens (including phenoxy) is 2. The van der Waals surface area contributed by atoms with Gasteiger partial charge in [0.1, 0.15) is 12.5 Å². The van der Waals surface area contributed by atoms with Crippen LogP contribution in [0.1, 0.15) is 23.6 Å². The number of hydrogen-bond acceptors (Lipinski definition) is 5.